The first-order valence-electron chi connectivity index (χ1n) is 8.80. The second-order valence-electron chi connectivity index (χ2n) is 6.10. The minimum Gasteiger partial charge on any atom is -0.465 e. The molecule has 2 heterocycles. The van der Waals surface area contributed by atoms with Gasteiger partial charge in [-0.05, 0) is 30.7 Å². The number of carbonyl (C=O) groups excluding carboxylic acids is 2. The Morgan fingerprint density at radius 3 is 2.43 bits per heavy atom. The van der Waals surface area contributed by atoms with E-state index in [0.29, 0.717) is 5.69 Å². The zero-order valence-electron chi connectivity index (χ0n) is 15.7. The number of nitrogens with one attached hydrogen (secondary N) is 1. The van der Waals surface area contributed by atoms with Crippen LogP contribution >= 0.6 is 23.2 Å². The van der Waals surface area contributed by atoms with Gasteiger partial charge in [0.05, 0.1) is 34.1 Å². The highest BCUT2D eigenvalue weighted by molar-refractivity contribution is 6.40. The number of nitrogens with zero attached hydrogens (tertiary/aromatic N) is 4. The van der Waals surface area contributed by atoms with Gasteiger partial charge in [0.15, 0.2) is 0 Å². The molecule has 0 bridgehead atoms. The molecular weight excluding hydrogens is 436 g/mol. The maximum atomic E-state index is 13.6. The standard InChI is InChI=1S/C19H16Cl2FN5O3/c1-2-30-19(29)14(11-3-12(22)7-23-6-11)8-24-18(28)17-15(20)4-13(5-16(17)21)27-9-25-26-10-27/h3-7,9-10,14H,2,8H2,1H3,(H,24,28). The van der Waals surface area contributed by atoms with E-state index in [0.717, 1.165) is 12.3 Å². The number of esters is 1. The Labute approximate surface area is 181 Å². The molecule has 1 atom stereocenters. The highest BCUT2D eigenvalue weighted by Gasteiger charge is 2.25. The fourth-order valence-electron chi connectivity index (χ4n) is 2.74. The maximum absolute atomic E-state index is 13.6. The van der Waals surface area contributed by atoms with Crippen LogP contribution in [0.25, 0.3) is 5.69 Å². The topological polar surface area (TPSA) is 99.0 Å². The van der Waals surface area contributed by atoms with Crippen LogP contribution in [0, 0.1) is 5.82 Å². The molecule has 0 aliphatic carbocycles. The number of ether oxygens (including phenoxy) is 1. The number of benzene rings is 1. The average molecular weight is 452 g/mol. The van der Waals surface area contributed by atoms with Crippen LogP contribution in [0.5, 0.6) is 0 Å². The minimum atomic E-state index is -0.953. The summed E-state index contributed by atoms with van der Waals surface area (Å²) in [5, 5.41) is 10.2. The van der Waals surface area contributed by atoms with Gasteiger partial charge in [0.1, 0.15) is 24.4 Å². The van der Waals surface area contributed by atoms with Gasteiger partial charge < -0.3 is 10.1 Å². The van der Waals surface area contributed by atoms with Crippen molar-refractivity contribution in [1.29, 1.82) is 0 Å². The van der Waals surface area contributed by atoms with Crippen molar-refractivity contribution >= 4 is 35.1 Å². The van der Waals surface area contributed by atoms with Gasteiger partial charge in [-0.3, -0.25) is 19.1 Å². The van der Waals surface area contributed by atoms with Crippen molar-refractivity contribution in [3.63, 3.8) is 0 Å². The van der Waals surface area contributed by atoms with Gasteiger partial charge in [0, 0.05) is 12.7 Å². The van der Waals surface area contributed by atoms with Gasteiger partial charge in [0.25, 0.3) is 5.91 Å². The van der Waals surface area contributed by atoms with Crippen molar-refractivity contribution in [1.82, 2.24) is 25.1 Å². The summed E-state index contributed by atoms with van der Waals surface area (Å²) >= 11 is 12.5. The van der Waals surface area contributed by atoms with E-state index < -0.39 is 23.6 Å². The molecule has 2 aromatic heterocycles. The first kappa shape index (κ1) is 21.7. The van der Waals surface area contributed by atoms with Gasteiger partial charge in [-0.25, -0.2) is 4.39 Å². The number of pyridine rings is 1. The fourth-order valence-corrected chi connectivity index (χ4v) is 3.39. The second kappa shape index (κ2) is 9.64. The SMILES string of the molecule is CCOC(=O)C(CNC(=O)c1c(Cl)cc(-n2cnnc2)cc1Cl)c1cncc(F)c1. The van der Waals surface area contributed by atoms with Crippen LogP contribution in [0.3, 0.4) is 0 Å². The summed E-state index contributed by atoms with van der Waals surface area (Å²) in [5.41, 5.74) is 0.880. The molecule has 0 aliphatic rings. The van der Waals surface area contributed by atoms with Crippen molar-refractivity contribution in [3.05, 3.63) is 70.2 Å². The number of hydrogen-bond acceptors (Lipinski definition) is 6. The Bertz CT molecular complexity index is 1040. The van der Waals surface area contributed by atoms with Crippen LogP contribution in [0.2, 0.25) is 10.0 Å². The molecule has 0 saturated carbocycles. The number of carbonyl (C=O) groups is 2. The Hall–Kier alpha value is -3.04. The molecule has 1 unspecified atom stereocenters. The predicted molar refractivity (Wildman–Crippen MR) is 107 cm³/mol. The largest absolute Gasteiger partial charge is 0.465 e. The van der Waals surface area contributed by atoms with Crippen LogP contribution in [-0.4, -0.2) is 44.8 Å². The minimum absolute atomic E-state index is 0.0372. The zero-order valence-corrected chi connectivity index (χ0v) is 17.2. The third-order valence-corrected chi connectivity index (χ3v) is 4.73. The van der Waals surface area contributed by atoms with Crippen molar-refractivity contribution in [3.8, 4) is 5.69 Å². The molecule has 0 saturated heterocycles. The van der Waals surface area contributed by atoms with E-state index in [2.05, 4.69) is 20.5 Å². The quantitative estimate of drug-likeness (QED) is 0.553. The maximum Gasteiger partial charge on any atom is 0.315 e. The second-order valence-corrected chi connectivity index (χ2v) is 6.92. The van der Waals surface area contributed by atoms with Gasteiger partial charge in [-0.2, -0.15) is 0 Å². The van der Waals surface area contributed by atoms with Crippen molar-refractivity contribution in [2.24, 2.45) is 0 Å². The average Bonchev–Trinajstić information content (AvgIpc) is 3.23. The molecule has 3 aromatic rings. The van der Waals surface area contributed by atoms with Crippen LogP contribution in [0.1, 0.15) is 28.8 Å². The fraction of sp³-hybridized carbons (Fsp3) is 0.211. The summed E-state index contributed by atoms with van der Waals surface area (Å²) in [6.45, 7) is 1.62. The van der Waals surface area contributed by atoms with Gasteiger partial charge in [-0.1, -0.05) is 23.2 Å². The van der Waals surface area contributed by atoms with E-state index in [1.165, 1.54) is 31.0 Å². The molecular formula is C19H16Cl2FN5O3. The molecule has 3 rings (SSSR count). The number of hydrogen-bond donors (Lipinski definition) is 1. The Morgan fingerprint density at radius 2 is 1.83 bits per heavy atom. The molecule has 1 aromatic carbocycles. The Kier molecular flexibility index (Phi) is 6.96. The van der Waals surface area contributed by atoms with Crippen molar-refractivity contribution in [2.45, 2.75) is 12.8 Å². The monoisotopic (exact) mass is 451 g/mol. The lowest BCUT2D eigenvalue weighted by atomic mass is 10.0. The molecule has 1 N–H and O–H groups in total. The lowest BCUT2D eigenvalue weighted by Crippen LogP contribution is -2.33. The lowest BCUT2D eigenvalue weighted by Gasteiger charge is -2.17. The summed E-state index contributed by atoms with van der Waals surface area (Å²) in [4.78, 5) is 28.8. The number of aromatic nitrogens is 4. The smallest absolute Gasteiger partial charge is 0.315 e. The van der Waals surface area contributed by atoms with Crippen LogP contribution < -0.4 is 5.32 Å². The molecule has 11 heteroatoms. The van der Waals surface area contributed by atoms with Crippen LogP contribution in [-0.2, 0) is 9.53 Å². The summed E-state index contributed by atoms with van der Waals surface area (Å²) < 4.78 is 20.2. The number of amides is 1. The predicted octanol–water partition coefficient (Wildman–Crippen LogP) is 3.18. The first-order valence-corrected chi connectivity index (χ1v) is 9.55. The van der Waals surface area contributed by atoms with Crippen LogP contribution in [0.15, 0.2) is 43.2 Å². The Morgan fingerprint density at radius 1 is 1.17 bits per heavy atom. The van der Waals surface area contributed by atoms with E-state index in [-0.39, 0.29) is 34.3 Å². The molecule has 0 aliphatic heterocycles. The van der Waals surface area contributed by atoms with Crippen molar-refractivity contribution < 1.29 is 18.7 Å². The summed E-state index contributed by atoms with van der Waals surface area (Å²) in [7, 11) is 0. The van der Waals surface area contributed by atoms with Gasteiger partial charge >= 0.3 is 5.97 Å². The highest BCUT2D eigenvalue weighted by atomic mass is 35.5. The van der Waals surface area contributed by atoms with E-state index in [4.69, 9.17) is 27.9 Å². The lowest BCUT2D eigenvalue weighted by molar-refractivity contribution is -0.144. The molecule has 30 heavy (non-hydrogen) atoms. The normalized spacial score (nSPS) is 11.7. The van der Waals surface area contributed by atoms with E-state index in [1.807, 2.05) is 0 Å². The van der Waals surface area contributed by atoms with Gasteiger partial charge in [-0.15, -0.1) is 10.2 Å². The highest BCUT2D eigenvalue weighted by Crippen LogP contribution is 2.28. The molecule has 0 fully saturated rings. The molecule has 0 radical (unpaired) electrons. The van der Waals surface area contributed by atoms with E-state index in [1.54, 1.807) is 11.5 Å². The third kappa shape index (κ3) is 4.92. The van der Waals surface area contributed by atoms with E-state index >= 15 is 0 Å². The number of rotatable bonds is 7. The van der Waals surface area contributed by atoms with E-state index in [9.17, 15) is 14.0 Å². The van der Waals surface area contributed by atoms with Gasteiger partial charge in [0.2, 0.25) is 0 Å². The van der Waals surface area contributed by atoms with Crippen molar-refractivity contribution in [2.75, 3.05) is 13.2 Å². The third-order valence-electron chi connectivity index (χ3n) is 4.14. The Balaban J connectivity index is 1.81. The van der Waals surface area contributed by atoms with Crippen LogP contribution in [0.4, 0.5) is 4.39 Å². The summed E-state index contributed by atoms with van der Waals surface area (Å²) in [6.07, 6.45) is 5.27. The first-order chi connectivity index (χ1) is 14.4. The molecule has 0 spiro atoms. The molecule has 156 valence electrons. The zero-order chi connectivity index (χ0) is 21.7. The summed E-state index contributed by atoms with van der Waals surface area (Å²) in [6, 6.07) is 4.23. The summed E-state index contributed by atoms with van der Waals surface area (Å²) in [5.74, 6) is -2.78. The number of halogens is 3. The molecule has 1 amide bonds. The molecule has 8 nitrogen and oxygen atoms in total.